The van der Waals surface area contributed by atoms with E-state index in [-0.39, 0.29) is 11.8 Å². The first-order valence-corrected chi connectivity index (χ1v) is 7.79. The van der Waals surface area contributed by atoms with Crippen molar-refractivity contribution in [3.63, 3.8) is 0 Å². The lowest BCUT2D eigenvalue weighted by Crippen LogP contribution is -2.32. The number of carbonyl (C=O) groups is 1. The van der Waals surface area contributed by atoms with Gasteiger partial charge in [-0.15, -0.1) is 0 Å². The summed E-state index contributed by atoms with van der Waals surface area (Å²) in [7, 11) is 0. The van der Waals surface area contributed by atoms with Crippen molar-refractivity contribution in [1.82, 2.24) is 20.2 Å². The van der Waals surface area contributed by atoms with E-state index in [1.807, 2.05) is 12.4 Å². The van der Waals surface area contributed by atoms with Crippen molar-refractivity contribution in [1.29, 1.82) is 0 Å². The Morgan fingerprint density at radius 1 is 1.50 bits per heavy atom. The number of imidazole rings is 1. The van der Waals surface area contributed by atoms with Crippen LogP contribution >= 0.6 is 0 Å². The van der Waals surface area contributed by atoms with Crippen molar-refractivity contribution in [3.8, 4) is 0 Å². The summed E-state index contributed by atoms with van der Waals surface area (Å²) in [5, 5.41) is 6.42. The molecular weight excluding hydrogens is 252 g/mol. The monoisotopic (exact) mass is 278 g/mol. The number of aryl methyl sites for hydroxylation is 2. The van der Waals surface area contributed by atoms with Crippen molar-refractivity contribution < 1.29 is 4.79 Å². The molecule has 5 heteroatoms. The highest BCUT2D eigenvalue weighted by atomic mass is 16.1. The largest absolute Gasteiger partial charge is 0.356 e. The smallest absolute Gasteiger partial charge is 0.223 e. The summed E-state index contributed by atoms with van der Waals surface area (Å²) < 4.78 is 2.17. The fourth-order valence-corrected chi connectivity index (χ4v) is 2.74. The van der Waals surface area contributed by atoms with E-state index >= 15 is 0 Å². The van der Waals surface area contributed by atoms with Crippen LogP contribution in [-0.4, -0.2) is 35.1 Å². The molecule has 2 heterocycles. The SMILES string of the molecule is CCc1nccn1CCCNC(=O)C1CCCNCC1. The van der Waals surface area contributed by atoms with E-state index in [1.54, 1.807) is 0 Å². The average Bonchev–Trinajstić information content (AvgIpc) is 2.74. The molecule has 1 unspecified atom stereocenters. The second-order valence-electron chi connectivity index (χ2n) is 5.41. The normalized spacial score (nSPS) is 19.6. The lowest BCUT2D eigenvalue weighted by atomic mass is 10.00. The molecular formula is C15H26N4O. The van der Waals surface area contributed by atoms with Gasteiger partial charge in [0.1, 0.15) is 5.82 Å². The minimum Gasteiger partial charge on any atom is -0.356 e. The Bertz CT molecular complexity index is 408. The number of aromatic nitrogens is 2. The summed E-state index contributed by atoms with van der Waals surface area (Å²) in [6.07, 6.45) is 8.85. The molecule has 1 amide bonds. The Balaban J connectivity index is 1.66. The van der Waals surface area contributed by atoms with Crippen LogP contribution in [0.2, 0.25) is 0 Å². The van der Waals surface area contributed by atoms with Crippen LogP contribution in [0.15, 0.2) is 12.4 Å². The third-order valence-electron chi connectivity index (χ3n) is 3.94. The molecule has 0 aliphatic carbocycles. The van der Waals surface area contributed by atoms with E-state index in [2.05, 4.69) is 27.1 Å². The van der Waals surface area contributed by atoms with Crippen molar-refractivity contribution in [2.24, 2.45) is 5.92 Å². The van der Waals surface area contributed by atoms with Gasteiger partial charge in [0, 0.05) is 37.8 Å². The highest BCUT2D eigenvalue weighted by Crippen LogP contribution is 2.13. The highest BCUT2D eigenvalue weighted by Gasteiger charge is 2.19. The number of amides is 1. The molecule has 1 aliphatic heterocycles. The second kappa shape index (κ2) is 8.04. The standard InChI is InChI=1S/C15H26N4O/c1-2-14-17-10-12-19(14)11-4-8-18-15(20)13-5-3-7-16-9-6-13/h10,12-13,16H,2-9,11H2,1H3,(H,18,20). The summed E-state index contributed by atoms with van der Waals surface area (Å²) in [6, 6.07) is 0. The summed E-state index contributed by atoms with van der Waals surface area (Å²) in [5.74, 6) is 1.55. The van der Waals surface area contributed by atoms with Crippen molar-refractivity contribution in [2.45, 2.75) is 45.6 Å². The maximum Gasteiger partial charge on any atom is 0.223 e. The van der Waals surface area contributed by atoms with E-state index in [4.69, 9.17) is 0 Å². The van der Waals surface area contributed by atoms with Gasteiger partial charge in [-0.2, -0.15) is 0 Å². The van der Waals surface area contributed by atoms with Crippen LogP contribution < -0.4 is 10.6 Å². The van der Waals surface area contributed by atoms with Crippen molar-refractivity contribution >= 4 is 5.91 Å². The van der Waals surface area contributed by atoms with Gasteiger partial charge < -0.3 is 15.2 Å². The molecule has 2 N–H and O–H groups in total. The third-order valence-corrected chi connectivity index (χ3v) is 3.94. The van der Waals surface area contributed by atoms with Gasteiger partial charge in [0.15, 0.2) is 0 Å². The summed E-state index contributed by atoms with van der Waals surface area (Å²) >= 11 is 0. The zero-order chi connectivity index (χ0) is 14.2. The van der Waals surface area contributed by atoms with Gasteiger partial charge >= 0.3 is 0 Å². The Hall–Kier alpha value is -1.36. The highest BCUT2D eigenvalue weighted by molar-refractivity contribution is 5.78. The Labute approximate surface area is 121 Å². The average molecular weight is 278 g/mol. The van der Waals surface area contributed by atoms with Gasteiger partial charge in [0.2, 0.25) is 5.91 Å². The molecule has 2 rings (SSSR count). The van der Waals surface area contributed by atoms with Crippen LogP contribution in [0.5, 0.6) is 0 Å². The van der Waals surface area contributed by atoms with Crippen LogP contribution in [0.4, 0.5) is 0 Å². The predicted octanol–water partition coefficient (Wildman–Crippen LogP) is 1.34. The fraction of sp³-hybridized carbons (Fsp3) is 0.733. The quantitative estimate of drug-likeness (QED) is 0.772. The Morgan fingerprint density at radius 2 is 2.40 bits per heavy atom. The number of carbonyl (C=O) groups excluding carboxylic acids is 1. The Kier molecular flexibility index (Phi) is 6.05. The summed E-state index contributed by atoms with van der Waals surface area (Å²) in [6.45, 7) is 5.80. The van der Waals surface area contributed by atoms with E-state index in [1.165, 1.54) is 0 Å². The molecule has 1 aromatic rings. The van der Waals surface area contributed by atoms with Gasteiger partial charge in [0.25, 0.3) is 0 Å². The zero-order valence-corrected chi connectivity index (χ0v) is 12.4. The maximum atomic E-state index is 12.1. The molecule has 1 aliphatic rings. The first-order chi connectivity index (χ1) is 9.81. The predicted molar refractivity (Wildman–Crippen MR) is 79.4 cm³/mol. The van der Waals surface area contributed by atoms with Crippen molar-refractivity contribution in [2.75, 3.05) is 19.6 Å². The van der Waals surface area contributed by atoms with E-state index in [0.29, 0.717) is 0 Å². The maximum absolute atomic E-state index is 12.1. The third kappa shape index (κ3) is 4.34. The minimum absolute atomic E-state index is 0.199. The van der Waals surface area contributed by atoms with Crippen LogP contribution in [-0.2, 0) is 17.8 Å². The molecule has 0 aromatic carbocycles. The van der Waals surface area contributed by atoms with E-state index < -0.39 is 0 Å². The number of nitrogens with zero attached hydrogens (tertiary/aromatic N) is 2. The molecule has 0 bridgehead atoms. The van der Waals surface area contributed by atoms with Gasteiger partial charge in [-0.05, 0) is 38.8 Å². The molecule has 0 spiro atoms. The second-order valence-corrected chi connectivity index (χ2v) is 5.41. The first-order valence-electron chi connectivity index (χ1n) is 7.79. The van der Waals surface area contributed by atoms with Crippen LogP contribution in [0.1, 0.15) is 38.4 Å². The molecule has 1 saturated heterocycles. The van der Waals surface area contributed by atoms with Gasteiger partial charge in [0.05, 0.1) is 0 Å². The number of hydrogen-bond acceptors (Lipinski definition) is 3. The van der Waals surface area contributed by atoms with E-state index in [9.17, 15) is 4.79 Å². The molecule has 1 fully saturated rings. The van der Waals surface area contributed by atoms with Crippen LogP contribution in [0, 0.1) is 5.92 Å². The summed E-state index contributed by atoms with van der Waals surface area (Å²) in [5.41, 5.74) is 0. The lowest BCUT2D eigenvalue weighted by molar-refractivity contribution is -0.125. The van der Waals surface area contributed by atoms with Gasteiger partial charge in [-0.25, -0.2) is 4.98 Å². The van der Waals surface area contributed by atoms with E-state index in [0.717, 1.165) is 64.1 Å². The molecule has 20 heavy (non-hydrogen) atoms. The molecule has 1 atom stereocenters. The number of hydrogen-bond donors (Lipinski definition) is 2. The van der Waals surface area contributed by atoms with Gasteiger partial charge in [-0.1, -0.05) is 6.92 Å². The van der Waals surface area contributed by atoms with Crippen LogP contribution in [0.3, 0.4) is 0 Å². The van der Waals surface area contributed by atoms with Crippen molar-refractivity contribution in [3.05, 3.63) is 18.2 Å². The molecule has 0 radical (unpaired) electrons. The Morgan fingerprint density at radius 3 is 3.25 bits per heavy atom. The number of nitrogens with one attached hydrogen (secondary N) is 2. The molecule has 1 aromatic heterocycles. The molecule has 5 nitrogen and oxygen atoms in total. The minimum atomic E-state index is 0.199. The fourth-order valence-electron chi connectivity index (χ4n) is 2.74. The zero-order valence-electron chi connectivity index (χ0n) is 12.4. The first kappa shape index (κ1) is 15.0. The van der Waals surface area contributed by atoms with Gasteiger partial charge in [-0.3, -0.25) is 4.79 Å². The topological polar surface area (TPSA) is 59.0 Å². The number of rotatable bonds is 6. The molecule has 112 valence electrons. The lowest BCUT2D eigenvalue weighted by Gasteiger charge is -2.14. The van der Waals surface area contributed by atoms with Crippen LogP contribution in [0.25, 0.3) is 0 Å². The molecule has 0 saturated carbocycles. The summed E-state index contributed by atoms with van der Waals surface area (Å²) in [4.78, 5) is 16.4.